The van der Waals surface area contributed by atoms with E-state index in [1.807, 2.05) is 0 Å². The Kier molecular flexibility index (Phi) is 8.17. The molecule has 0 aliphatic carbocycles. The van der Waals surface area contributed by atoms with Gasteiger partial charge in [0.2, 0.25) is 0 Å². The fraction of sp³-hybridized carbons (Fsp3) is 0.0455. The number of benzene rings is 7. The minimum atomic E-state index is 1.11. The molecule has 7 aromatic rings. The summed E-state index contributed by atoms with van der Waals surface area (Å²) in [4.78, 5) is 4.62. The van der Waals surface area contributed by atoms with Gasteiger partial charge < -0.3 is 9.80 Å². The molecule has 2 nitrogen and oxygen atoms in total. The van der Waals surface area contributed by atoms with Gasteiger partial charge in [-0.3, -0.25) is 0 Å². The molecule has 7 rings (SSSR count). The van der Waals surface area contributed by atoms with Crippen molar-refractivity contribution in [3.63, 3.8) is 0 Å². The molecule has 0 unspecified atom stereocenters. The molecule has 0 aliphatic rings. The Hall–Kier alpha value is -5.86. The number of anilines is 5. The van der Waals surface area contributed by atoms with Crippen LogP contribution in [0.5, 0.6) is 0 Å². The summed E-state index contributed by atoms with van der Waals surface area (Å²) in [7, 11) is 2.13. The second-order valence-electron chi connectivity index (χ2n) is 11.6. The van der Waals surface area contributed by atoms with Crippen molar-refractivity contribution in [1.29, 1.82) is 0 Å². The molecule has 0 heterocycles. The van der Waals surface area contributed by atoms with E-state index in [1.54, 1.807) is 0 Å². The van der Waals surface area contributed by atoms with E-state index in [0.29, 0.717) is 0 Å². The summed E-state index contributed by atoms with van der Waals surface area (Å²) in [5.41, 5.74) is 14.1. The van der Waals surface area contributed by atoms with Crippen molar-refractivity contribution < 1.29 is 0 Å². The number of hydrogen-bond donors (Lipinski definition) is 0. The number of hydrogen-bond acceptors (Lipinski definition) is 2. The smallest absolute Gasteiger partial charge is 0.0496 e. The maximum Gasteiger partial charge on any atom is 0.0496 e. The third-order valence-corrected chi connectivity index (χ3v) is 8.63. The summed E-state index contributed by atoms with van der Waals surface area (Å²) >= 11 is 0. The van der Waals surface area contributed by atoms with Gasteiger partial charge in [-0.05, 0) is 100 Å². The molecular formula is C44H36N2. The van der Waals surface area contributed by atoms with E-state index in [4.69, 9.17) is 0 Å². The lowest BCUT2D eigenvalue weighted by atomic mass is 10.0. The third kappa shape index (κ3) is 6.06. The largest absolute Gasteiger partial charge is 0.345 e. The highest BCUT2D eigenvalue weighted by Crippen LogP contribution is 2.41. The minimum absolute atomic E-state index is 1.11. The predicted octanol–water partition coefficient (Wildman–Crippen LogP) is 12.2. The Labute approximate surface area is 272 Å². The van der Waals surface area contributed by atoms with Crippen LogP contribution in [0.3, 0.4) is 0 Å². The summed E-state index contributed by atoms with van der Waals surface area (Å²) in [6.07, 6.45) is 0. The zero-order valence-corrected chi connectivity index (χ0v) is 26.2. The van der Waals surface area contributed by atoms with E-state index in [0.717, 1.165) is 28.4 Å². The molecule has 0 fully saturated rings. The van der Waals surface area contributed by atoms with Crippen molar-refractivity contribution in [3.8, 4) is 33.4 Å². The maximum atomic E-state index is 2.38. The van der Waals surface area contributed by atoms with Crippen molar-refractivity contribution in [2.24, 2.45) is 0 Å². The quantitative estimate of drug-likeness (QED) is 0.173. The Morgan fingerprint density at radius 3 is 1.30 bits per heavy atom. The Morgan fingerprint density at radius 2 is 0.739 bits per heavy atom. The zero-order chi connectivity index (χ0) is 31.3. The highest BCUT2D eigenvalue weighted by molar-refractivity contribution is 5.84. The van der Waals surface area contributed by atoms with Crippen LogP contribution in [0.15, 0.2) is 182 Å². The second-order valence-corrected chi connectivity index (χ2v) is 11.6. The van der Waals surface area contributed by atoms with Crippen LogP contribution in [-0.4, -0.2) is 7.05 Å². The normalized spacial score (nSPS) is 10.8. The van der Waals surface area contributed by atoms with E-state index in [9.17, 15) is 0 Å². The molecule has 0 atom stereocenters. The van der Waals surface area contributed by atoms with Crippen molar-refractivity contribution in [3.05, 3.63) is 188 Å². The van der Waals surface area contributed by atoms with Crippen molar-refractivity contribution in [2.75, 3.05) is 16.8 Å². The van der Waals surface area contributed by atoms with E-state index >= 15 is 0 Å². The molecule has 46 heavy (non-hydrogen) atoms. The first-order valence-electron chi connectivity index (χ1n) is 15.7. The summed E-state index contributed by atoms with van der Waals surface area (Å²) < 4.78 is 0. The van der Waals surface area contributed by atoms with E-state index in [-0.39, 0.29) is 0 Å². The van der Waals surface area contributed by atoms with Crippen molar-refractivity contribution in [2.45, 2.75) is 6.92 Å². The first-order chi connectivity index (χ1) is 22.6. The standard InChI is InChI=1S/C44H36N2/c1-33-21-22-39(36-17-10-5-11-18-36)32-44(33)46(43-20-12-19-38(31-43)35-15-8-4-9-16-35)42-29-27-41(28-30-42)45(2)40-25-23-37(24-26-40)34-13-6-3-7-14-34/h3-32H,1-2H3. The van der Waals surface area contributed by atoms with Crippen LogP contribution < -0.4 is 9.80 Å². The summed E-state index contributed by atoms with van der Waals surface area (Å²) in [6, 6.07) is 65.0. The lowest BCUT2D eigenvalue weighted by Crippen LogP contribution is -2.13. The molecule has 222 valence electrons. The van der Waals surface area contributed by atoms with Gasteiger partial charge in [0.05, 0.1) is 0 Å². The Morgan fingerprint density at radius 1 is 0.326 bits per heavy atom. The fourth-order valence-corrected chi connectivity index (χ4v) is 6.03. The van der Waals surface area contributed by atoms with Gasteiger partial charge in [0, 0.05) is 35.5 Å². The van der Waals surface area contributed by atoms with E-state index in [1.165, 1.54) is 38.9 Å². The molecule has 0 aromatic heterocycles. The molecule has 0 saturated carbocycles. The topological polar surface area (TPSA) is 6.48 Å². The molecule has 0 saturated heterocycles. The molecule has 0 spiro atoms. The summed E-state index contributed by atoms with van der Waals surface area (Å²) in [6.45, 7) is 2.19. The van der Waals surface area contributed by atoms with Gasteiger partial charge in [0.25, 0.3) is 0 Å². The van der Waals surface area contributed by atoms with Crippen LogP contribution in [0.1, 0.15) is 5.56 Å². The molecular weight excluding hydrogens is 556 g/mol. The van der Waals surface area contributed by atoms with Gasteiger partial charge in [0.1, 0.15) is 0 Å². The summed E-state index contributed by atoms with van der Waals surface area (Å²) in [5.74, 6) is 0. The molecule has 0 N–H and O–H groups in total. The zero-order valence-electron chi connectivity index (χ0n) is 26.2. The minimum Gasteiger partial charge on any atom is -0.345 e. The monoisotopic (exact) mass is 592 g/mol. The third-order valence-electron chi connectivity index (χ3n) is 8.63. The van der Waals surface area contributed by atoms with Gasteiger partial charge in [-0.25, -0.2) is 0 Å². The lowest BCUT2D eigenvalue weighted by molar-refractivity contribution is 1.20. The first kappa shape index (κ1) is 28.9. The second kappa shape index (κ2) is 13.0. The maximum absolute atomic E-state index is 2.38. The molecule has 0 aliphatic heterocycles. The summed E-state index contributed by atoms with van der Waals surface area (Å²) in [5, 5.41) is 0. The van der Waals surface area contributed by atoms with E-state index in [2.05, 4.69) is 206 Å². The van der Waals surface area contributed by atoms with Gasteiger partial charge in [-0.1, -0.05) is 127 Å². The molecule has 7 aromatic carbocycles. The average molecular weight is 593 g/mol. The van der Waals surface area contributed by atoms with Crippen molar-refractivity contribution in [1.82, 2.24) is 0 Å². The first-order valence-corrected chi connectivity index (χ1v) is 15.7. The lowest BCUT2D eigenvalue weighted by Gasteiger charge is -2.29. The molecule has 2 heteroatoms. The molecule has 0 amide bonds. The average Bonchev–Trinajstić information content (AvgIpc) is 3.14. The van der Waals surface area contributed by atoms with Crippen LogP contribution in [0, 0.1) is 6.92 Å². The van der Waals surface area contributed by atoms with Crippen LogP contribution >= 0.6 is 0 Å². The van der Waals surface area contributed by atoms with Crippen LogP contribution in [0.4, 0.5) is 28.4 Å². The van der Waals surface area contributed by atoms with Gasteiger partial charge in [-0.15, -0.1) is 0 Å². The fourth-order valence-electron chi connectivity index (χ4n) is 6.03. The highest BCUT2D eigenvalue weighted by atomic mass is 15.1. The van der Waals surface area contributed by atoms with Gasteiger partial charge in [0.15, 0.2) is 0 Å². The molecule has 0 radical (unpaired) electrons. The van der Waals surface area contributed by atoms with Crippen LogP contribution in [0.2, 0.25) is 0 Å². The number of nitrogens with zero attached hydrogens (tertiary/aromatic N) is 2. The van der Waals surface area contributed by atoms with Crippen LogP contribution in [-0.2, 0) is 0 Å². The van der Waals surface area contributed by atoms with E-state index < -0.39 is 0 Å². The predicted molar refractivity (Wildman–Crippen MR) is 197 cm³/mol. The number of rotatable bonds is 8. The highest BCUT2D eigenvalue weighted by Gasteiger charge is 2.17. The Balaban J connectivity index is 1.26. The van der Waals surface area contributed by atoms with Crippen molar-refractivity contribution >= 4 is 28.4 Å². The van der Waals surface area contributed by atoms with Gasteiger partial charge >= 0.3 is 0 Å². The Bertz CT molecular complexity index is 2030. The van der Waals surface area contributed by atoms with Gasteiger partial charge in [-0.2, -0.15) is 0 Å². The van der Waals surface area contributed by atoms with Crippen LogP contribution in [0.25, 0.3) is 33.4 Å². The number of aryl methyl sites for hydroxylation is 1. The molecule has 0 bridgehead atoms. The SMILES string of the molecule is Cc1ccc(-c2ccccc2)cc1N(c1ccc(N(C)c2ccc(-c3ccccc3)cc2)cc1)c1cccc(-c2ccccc2)c1.